The van der Waals surface area contributed by atoms with Gasteiger partial charge in [0.05, 0.1) is 12.8 Å². The van der Waals surface area contributed by atoms with Crippen molar-refractivity contribution in [3.05, 3.63) is 68.9 Å². The van der Waals surface area contributed by atoms with Gasteiger partial charge in [0, 0.05) is 16.5 Å². The minimum absolute atomic E-state index is 0.0475. The summed E-state index contributed by atoms with van der Waals surface area (Å²) in [6.07, 6.45) is 1.51. The maximum Gasteiger partial charge on any atom is 0.252 e. The normalized spacial score (nSPS) is 13.8. The van der Waals surface area contributed by atoms with Gasteiger partial charge in [0.15, 0.2) is 5.60 Å². The molecule has 4 nitrogen and oxygen atoms in total. The molecule has 0 aliphatic carbocycles. The van der Waals surface area contributed by atoms with E-state index in [4.69, 9.17) is 4.42 Å². The molecular weight excluding hydrogens is 306 g/mol. The zero-order chi connectivity index (χ0) is 14.7. The van der Waals surface area contributed by atoms with Gasteiger partial charge in [0.25, 0.3) is 5.91 Å². The number of carbonyl (C=O) groups excluding carboxylic acids is 1. The molecule has 0 aliphatic heterocycles. The Morgan fingerprint density at radius 2 is 2.05 bits per heavy atom. The van der Waals surface area contributed by atoms with Crippen LogP contribution in [0, 0.1) is 0 Å². The quantitative estimate of drug-likeness (QED) is 0.760. The topological polar surface area (TPSA) is 62.5 Å². The van der Waals surface area contributed by atoms with Crippen LogP contribution in [0.3, 0.4) is 0 Å². The average molecular weight is 319 g/mol. The van der Waals surface area contributed by atoms with E-state index in [-0.39, 0.29) is 12.5 Å². The van der Waals surface area contributed by atoms with Gasteiger partial charge in [0.2, 0.25) is 0 Å². The Morgan fingerprint density at radius 3 is 2.67 bits per heavy atom. The van der Waals surface area contributed by atoms with E-state index in [9.17, 15) is 9.90 Å². The fourth-order valence-electron chi connectivity index (χ4n) is 2.05. The molecule has 3 rings (SSSR count). The molecule has 0 spiro atoms. The van der Waals surface area contributed by atoms with E-state index in [0.717, 1.165) is 0 Å². The lowest BCUT2D eigenvalue weighted by atomic mass is 9.93. The molecule has 3 aromatic rings. The highest BCUT2D eigenvalue weighted by Gasteiger charge is 2.35. The zero-order valence-corrected chi connectivity index (χ0v) is 12.6. The Kier molecular flexibility index (Phi) is 3.92. The van der Waals surface area contributed by atoms with Crippen molar-refractivity contribution in [1.29, 1.82) is 0 Å². The van der Waals surface area contributed by atoms with Crippen LogP contribution in [0.1, 0.15) is 21.7 Å². The van der Waals surface area contributed by atoms with Crippen molar-refractivity contribution in [3.63, 3.8) is 0 Å². The minimum Gasteiger partial charge on any atom is -0.466 e. The lowest BCUT2D eigenvalue weighted by Crippen LogP contribution is -2.41. The Morgan fingerprint density at radius 1 is 1.24 bits per heavy atom. The molecule has 1 amide bonds. The van der Waals surface area contributed by atoms with Crippen LogP contribution in [-0.4, -0.2) is 17.6 Å². The summed E-state index contributed by atoms with van der Waals surface area (Å²) in [4.78, 5) is 12.0. The van der Waals surface area contributed by atoms with Crippen molar-refractivity contribution < 1.29 is 14.3 Å². The van der Waals surface area contributed by atoms with Crippen LogP contribution in [0.25, 0.3) is 0 Å². The highest BCUT2D eigenvalue weighted by Crippen LogP contribution is 2.31. The lowest BCUT2D eigenvalue weighted by molar-refractivity contribution is 0.0529. The van der Waals surface area contributed by atoms with E-state index in [1.165, 1.54) is 28.9 Å². The van der Waals surface area contributed by atoms with Gasteiger partial charge in [-0.05, 0) is 40.4 Å². The summed E-state index contributed by atoms with van der Waals surface area (Å²) < 4.78 is 5.35. The van der Waals surface area contributed by atoms with Crippen LogP contribution >= 0.6 is 22.7 Å². The van der Waals surface area contributed by atoms with Gasteiger partial charge < -0.3 is 14.8 Å². The number of furan rings is 1. The number of rotatable bonds is 5. The summed E-state index contributed by atoms with van der Waals surface area (Å²) in [6, 6.07) is 6.99. The van der Waals surface area contributed by atoms with Crippen molar-refractivity contribution in [2.24, 2.45) is 0 Å². The van der Waals surface area contributed by atoms with Crippen LogP contribution in [-0.2, 0) is 5.60 Å². The zero-order valence-electron chi connectivity index (χ0n) is 11.0. The van der Waals surface area contributed by atoms with Crippen LogP contribution in [0.15, 0.2) is 56.5 Å². The van der Waals surface area contributed by atoms with Gasteiger partial charge in [-0.15, -0.1) is 0 Å². The summed E-state index contributed by atoms with van der Waals surface area (Å²) in [7, 11) is 0. The van der Waals surface area contributed by atoms with Crippen LogP contribution in [0.5, 0.6) is 0 Å². The van der Waals surface area contributed by atoms with E-state index in [1.54, 1.807) is 23.6 Å². The maximum atomic E-state index is 12.0. The molecule has 0 unspecified atom stereocenters. The van der Waals surface area contributed by atoms with E-state index in [0.29, 0.717) is 16.9 Å². The molecular formula is C15H13NO3S2. The van der Waals surface area contributed by atoms with E-state index in [2.05, 4.69) is 5.32 Å². The second kappa shape index (κ2) is 5.85. The highest BCUT2D eigenvalue weighted by molar-refractivity contribution is 7.08. The second-order valence-corrected chi connectivity index (χ2v) is 6.10. The fourth-order valence-corrected chi connectivity index (χ4v) is 3.41. The number of aliphatic hydroxyl groups is 1. The number of hydrogen-bond acceptors (Lipinski definition) is 5. The van der Waals surface area contributed by atoms with E-state index >= 15 is 0 Å². The van der Waals surface area contributed by atoms with E-state index in [1.807, 2.05) is 22.2 Å². The number of nitrogens with one attached hydrogen (secondary N) is 1. The summed E-state index contributed by atoms with van der Waals surface area (Å²) in [5, 5.41) is 21.1. The molecule has 3 heterocycles. The SMILES string of the molecule is O=C(NC[C@@](O)(c1ccsc1)c1ccco1)c1ccsc1. The second-order valence-electron chi connectivity index (χ2n) is 4.54. The first-order valence-corrected chi connectivity index (χ1v) is 8.18. The van der Waals surface area contributed by atoms with Crippen LogP contribution in [0.4, 0.5) is 0 Å². The molecule has 0 radical (unpaired) electrons. The van der Waals surface area contributed by atoms with Crippen molar-refractivity contribution in [3.8, 4) is 0 Å². The Labute approximate surface area is 129 Å². The Balaban J connectivity index is 1.83. The van der Waals surface area contributed by atoms with Crippen molar-refractivity contribution in [1.82, 2.24) is 5.32 Å². The monoisotopic (exact) mass is 319 g/mol. The smallest absolute Gasteiger partial charge is 0.252 e. The Hall–Kier alpha value is -1.89. The third-order valence-corrected chi connectivity index (χ3v) is 4.58. The van der Waals surface area contributed by atoms with Crippen molar-refractivity contribution in [2.75, 3.05) is 6.54 Å². The van der Waals surface area contributed by atoms with Gasteiger partial charge >= 0.3 is 0 Å². The standard InChI is InChI=1S/C15H13NO3S2/c17-14(11-3-6-20-8-11)16-10-15(18,12-4-7-21-9-12)13-2-1-5-19-13/h1-9,18H,10H2,(H,16,17)/t15-/m1/s1. The maximum absolute atomic E-state index is 12.0. The molecule has 0 saturated carbocycles. The average Bonchev–Trinajstić information content (AvgIpc) is 3.27. The molecule has 0 aromatic carbocycles. The van der Waals surface area contributed by atoms with Gasteiger partial charge in [0.1, 0.15) is 5.76 Å². The molecule has 0 saturated heterocycles. The fraction of sp³-hybridized carbons (Fsp3) is 0.133. The molecule has 0 fully saturated rings. The van der Waals surface area contributed by atoms with Crippen molar-refractivity contribution in [2.45, 2.75) is 5.60 Å². The molecule has 2 N–H and O–H groups in total. The first-order chi connectivity index (χ1) is 10.2. The number of amides is 1. The highest BCUT2D eigenvalue weighted by atomic mass is 32.1. The molecule has 21 heavy (non-hydrogen) atoms. The largest absolute Gasteiger partial charge is 0.466 e. The summed E-state index contributed by atoms with van der Waals surface area (Å²) in [5.41, 5.74) is -0.0741. The molecule has 0 bridgehead atoms. The van der Waals surface area contributed by atoms with Gasteiger partial charge in [-0.25, -0.2) is 0 Å². The molecule has 3 aromatic heterocycles. The molecule has 1 atom stereocenters. The van der Waals surface area contributed by atoms with Gasteiger partial charge in [-0.2, -0.15) is 22.7 Å². The van der Waals surface area contributed by atoms with Crippen molar-refractivity contribution >= 4 is 28.6 Å². The predicted octanol–water partition coefficient (Wildman–Crippen LogP) is 3.07. The first-order valence-electron chi connectivity index (χ1n) is 6.29. The molecule has 108 valence electrons. The third-order valence-electron chi connectivity index (χ3n) is 3.22. The third kappa shape index (κ3) is 2.78. The summed E-state index contributed by atoms with van der Waals surface area (Å²) >= 11 is 2.94. The van der Waals surface area contributed by atoms with Crippen LogP contribution < -0.4 is 5.32 Å². The Bertz CT molecular complexity index is 653. The summed E-state index contributed by atoms with van der Waals surface area (Å²) in [6.45, 7) is 0.0475. The molecule has 0 aliphatic rings. The first kappa shape index (κ1) is 14.1. The van der Waals surface area contributed by atoms with Gasteiger partial charge in [-0.1, -0.05) is 0 Å². The summed E-state index contributed by atoms with van der Waals surface area (Å²) in [5.74, 6) is 0.197. The van der Waals surface area contributed by atoms with Crippen LogP contribution in [0.2, 0.25) is 0 Å². The lowest BCUT2D eigenvalue weighted by Gasteiger charge is -2.25. The number of thiophene rings is 2. The minimum atomic E-state index is -1.37. The van der Waals surface area contributed by atoms with Gasteiger partial charge in [-0.3, -0.25) is 4.79 Å². The predicted molar refractivity (Wildman–Crippen MR) is 82.7 cm³/mol. The molecule has 6 heteroatoms. The number of carbonyl (C=O) groups is 1. The van der Waals surface area contributed by atoms with E-state index < -0.39 is 5.60 Å². The number of hydrogen-bond donors (Lipinski definition) is 2.